The van der Waals surface area contributed by atoms with Crippen LogP contribution < -0.4 is 4.74 Å². The van der Waals surface area contributed by atoms with Crippen molar-refractivity contribution in [1.82, 2.24) is 23.8 Å². The van der Waals surface area contributed by atoms with Crippen LogP contribution in [0, 0.1) is 6.92 Å². The fraction of sp³-hybridized carbons (Fsp3) is 0.333. The van der Waals surface area contributed by atoms with E-state index in [2.05, 4.69) is 16.9 Å². The Balaban J connectivity index is 1.52. The van der Waals surface area contributed by atoms with E-state index in [1.54, 1.807) is 34.9 Å². The van der Waals surface area contributed by atoms with Gasteiger partial charge in [-0.15, -0.1) is 0 Å². The van der Waals surface area contributed by atoms with Crippen LogP contribution >= 0.6 is 0 Å². The number of aromatic nitrogens is 4. The topological polar surface area (TPSA) is 102 Å². The van der Waals surface area contributed by atoms with Gasteiger partial charge in [-0.1, -0.05) is 38.0 Å². The molecule has 1 amide bonds. The number of fused-ring (bicyclic) bond motifs is 1. The first-order valence-corrected chi connectivity index (χ1v) is 13.4. The highest BCUT2D eigenvalue weighted by molar-refractivity contribution is 6.46. The normalized spacial score (nSPS) is 16.9. The highest BCUT2D eigenvalue weighted by Crippen LogP contribution is 2.40. The summed E-state index contributed by atoms with van der Waals surface area (Å²) in [6, 6.07) is 12.2. The Morgan fingerprint density at radius 2 is 1.85 bits per heavy atom. The van der Waals surface area contributed by atoms with Crippen LogP contribution in [0.15, 0.2) is 73.0 Å². The van der Waals surface area contributed by atoms with Gasteiger partial charge < -0.3 is 19.3 Å². The number of hydrogen-bond acceptors (Lipinski definition) is 6. The summed E-state index contributed by atoms with van der Waals surface area (Å²) in [7, 11) is 0. The molecular formula is C30H33N5O4. The van der Waals surface area contributed by atoms with Crippen molar-refractivity contribution in [2.45, 2.75) is 52.1 Å². The van der Waals surface area contributed by atoms with Crippen molar-refractivity contribution in [3.8, 4) is 5.75 Å². The minimum absolute atomic E-state index is 0.0630. The third-order valence-electron chi connectivity index (χ3n) is 7.06. The molecule has 9 nitrogen and oxygen atoms in total. The quantitative estimate of drug-likeness (QED) is 0.129. The van der Waals surface area contributed by atoms with Gasteiger partial charge in [-0.2, -0.15) is 0 Å². The maximum Gasteiger partial charge on any atom is 0.295 e. The number of carbonyl (C=O) groups excluding carboxylic acids is 2. The van der Waals surface area contributed by atoms with Crippen molar-refractivity contribution < 1.29 is 19.4 Å². The summed E-state index contributed by atoms with van der Waals surface area (Å²) in [5.41, 5.74) is 2.41. The minimum Gasteiger partial charge on any atom is -0.505 e. The number of carbonyl (C=O) groups is 2. The summed E-state index contributed by atoms with van der Waals surface area (Å²) >= 11 is 0. The molecule has 4 aromatic rings. The van der Waals surface area contributed by atoms with Crippen LogP contribution in [-0.4, -0.2) is 53.8 Å². The van der Waals surface area contributed by atoms with Crippen LogP contribution in [0.2, 0.25) is 0 Å². The molecule has 1 aliphatic heterocycles. The summed E-state index contributed by atoms with van der Waals surface area (Å²) in [5.74, 6) is -0.833. The summed E-state index contributed by atoms with van der Waals surface area (Å²) in [4.78, 5) is 37.0. The van der Waals surface area contributed by atoms with Crippen molar-refractivity contribution in [3.63, 3.8) is 0 Å². The second-order valence-electron chi connectivity index (χ2n) is 9.75. The highest BCUT2D eigenvalue weighted by atomic mass is 16.5. The Bertz CT molecular complexity index is 1490. The van der Waals surface area contributed by atoms with E-state index in [0.717, 1.165) is 30.6 Å². The molecule has 9 heteroatoms. The monoisotopic (exact) mass is 527 g/mol. The van der Waals surface area contributed by atoms with E-state index < -0.39 is 17.7 Å². The Labute approximate surface area is 227 Å². The molecule has 0 aliphatic carbocycles. The molecule has 0 bridgehead atoms. The molecule has 0 radical (unpaired) electrons. The van der Waals surface area contributed by atoms with Gasteiger partial charge in [-0.3, -0.25) is 14.0 Å². The standard InChI is InChI=1S/C30H33N5O4/c1-3-4-7-19-39-23-12-10-22(11-13-23)27-25(28(36)26-21(2)32-24-9-5-6-16-34(24)26)29(37)30(38)35(27)17-8-15-33-18-14-31-20-33/h5-6,9-14,16,18,20,27,36H,3-4,7-8,15,17,19H2,1-2H3/b28-25+. The lowest BCUT2D eigenvalue weighted by Gasteiger charge is -2.25. The second-order valence-corrected chi connectivity index (χ2v) is 9.75. The van der Waals surface area contributed by atoms with Crippen LogP contribution in [-0.2, 0) is 16.1 Å². The first-order chi connectivity index (χ1) is 19.0. The molecule has 3 aromatic heterocycles. The number of amides is 1. The van der Waals surface area contributed by atoms with E-state index in [9.17, 15) is 14.7 Å². The van der Waals surface area contributed by atoms with Gasteiger partial charge in [0.2, 0.25) is 0 Å². The van der Waals surface area contributed by atoms with Gasteiger partial charge >= 0.3 is 0 Å². The smallest absolute Gasteiger partial charge is 0.295 e. The van der Waals surface area contributed by atoms with Crippen LogP contribution in [0.5, 0.6) is 5.75 Å². The maximum absolute atomic E-state index is 13.5. The molecule has 1 atom stereocenters. The highest BCUT2D eigenvalue weighted by Gasteiger charge is 2.46. The van der Waals surface area contributed by atoms with E-state index in [-0.39, 0.29) is 11.3 Å². The largest absolute Gasteiger partial charge is 0.505 e. The predicted octanol–water partition coefficient (Wildman–Crippen LogP) is 4.92. The van der Waals surface area contributed by atoms with Gasteiger partial charge in [0.15, 0.2) is 5.76 Å². The number of likely N-dealkylation sites (tertiary alicyclic amines) is 1. The number of unbranched alkanes of at least 4 members (excludes halogenated alkanes) is 2. The molecule has 0 spiro atoms. The summed E-state index contributed by atoms with van der Waals surface area (Å²) < 4.78 is 9.54. The van der Waals surface area contributed by atoms with Crippen LogP contribution in [0.1, 0.15) is 55.6 Å². The molecule has 4 heterocycles. The van der Waals surface area contributed by atoms with Crippen molar-refractivity contribution in [2.24, 2.45) is 0 Å². The fourth-order valence-electron chi connectivity index (χ4n) is 5.11. The third-order valence-corrected chi connectivity index (χ3v) is 7.06. The molecule has 1 fully saturated rings. The lowest BCUT2D eigenvalue weighted by molar-refractivity contribution is -0.139. The van der Waals surface area contributed by atoms with E-state index in [1.165, 1.54) is 0 Å². The Morgan fingerprint density at radius 3 is 2.59 bits per heavy atom. The van der Waals surface area contributed by atoms with Crippen molar-refractivity contribution >= 4 is 23.1 Å². The first-order valence-electron chi connectivity index (χ1n) is 13.4. The molecule has 5 rings (SSSR count). The van der Waals surface area contributed by atoms with Crippen LogP contribution in [0.25, 0.3) is 11.4 Å². The maximum atomic E-state index is 13.5. The number of aryl methyl sites for hydroxylation is 2. The number of Topliss-reactive ketones (excluding diaryl/α,β-unsaturated/α-hetero) is 1. The van der Waals surface area contributed by atoms with Gasteiger partial charge in [-0.05, 0) is 49.6 Å². The first kappa shape index (κ1) is 26.2. The molecule has 1 aliphatic rings. The lowest BCUT2D eigenvalue weighted by Crippen LogP contribution is -2.31. The zero-order valence-corrected chi connectivity index (χ0v) is 22.3. The molecule has 39 heavy (non-hydrogen) atoms. The zero-order valence-electron chi connectivity index (χ0n) is 22.3. The van der Waals surface area contributed by atoms with Crippen LogP contribution in [0.4, 0.5) is 0 Å². The molecular weight excluding hydrogens is 494 g/mol. The fourth-order valence-corrected chi connectivity index (χ4v) is 5.11. The van der Waals surface area contributed by atoms with E-state index >= 15 is 0 Å². The minimum atomic E-state index is -0.740. The molecule has 1 saturated heterocycles. The van der Waals surface area contributed by atoms with Gasteiger partial charge in [0.25, 0.3) is 11.7 Å². The van der Waals surface area contributed by atoms with E-state index in [4.69, 9.17) is 4.74 Å². The molecule has 202 valence electrons. The van der Waals surface area contributed by atoms with Gasteiger partial charge in [0, 0.05) is 31.7 Å². The van der Waals surface area contributed by atoms with Gasteiger partial charge in [-0.25, -0.2) is 9.97 Å². The molecule has 1 unspecified atom stereocenters. The SMILES string of the molecule is CCCCCOc1ccc(C2/C(=C(\O)c3c(C)nc4ccccn34)C(=O)C(=O)N2CCCn2ccnc2)cc1. The Hall–Kier alpha value is -4.40. The molecule has 1 N–H and O–H groups in total. The van der Waals surface area contributed by atoms with E-state index in [1.807, 2.05) is 53.2 Å². The second kappa shape index (κ2) is 11.6. The van der Waals surface area contributed by atoms with Crippen molar-refractivity contribution in [3.05, 3.63) is 89.9 Å². The molecule has 0 saturated carbocycles. The number of hydrogen-bond donors (Lipinski definition) is 1. The Kier molecular flexibility index (Phi) is 7.76. The van der Waals surface area contributed by atoms with Gasteiger partial charge in [0.1, 0.15) is 17.1 Å². The number of ether oxygens (including phenoxy) is 1. The summed E-state index contributed by atoms with van der Waals surface area (Å²) in [5, 5.41) is 11.6. The van der Waals surface area contributed by atoms with E-state index in [0.29, 0.717) is 43.2 Å². The number of aliphatic hydroxyl groups is 1. The third kappa shape index (κ3) is 5.30. The van der Waals surface area contributed by atoms with Crippen molar-refractivity contribution in [1.29, 1.82) is 0 Å². The van der Waals surface area contributed by atoms with Crippen molar-refractivity contribution in [2.75, 3.05) is 13.2 Å². The number of imidazole rings is 2. The summed E-state index contributed by atoms with van der Waals surface area (Å²) in [6.45, 7) is 5.55. The lowest BCUT2D eigenvalue weighted by atomic mass is 9.96. The average molecular weight is 528 g/mol. The number of ketones is 1. The average Bonchev–Trinajstić information content (AvgIpc) is 3.64. The number of rotatable bonds is 11. The number of benzene rings is 1. The van der Waals surface area contributed by atoms with Crippen LogP contribution in [0.3, 0.4) is 0 Å². The number of aliphatic hydroxyl groups excluding tert-OH is 1. The predicted molar refractivity (Wildman–Crippen MR) is 147 cm³/mol. The number of nitrogens with zero attached hydrogens (tertiary/aromatic N) is 5. The summed E-state index contributed by atoms with van der Waals surface area (Å²) in [6.07, 6.45) is 10.9. The number of pyridine rings is 1. The molecule has 1 aromatic carbocycles. The van der Waals surface area contributed by atoms with Gasteiger partial charge in [0.05, 0.1) is 30.2 Å². The Morgan fingerprint density at radius 1 is 1.03 bits per heavy atom. The zero-order chi connectivity index (χ0) is 27.4.